The Morgan fingerprint density at radius 1 is 1.47 bits per heavy atom. The van der Waals surface area contributed by atoms with Gasteiger partial charge in [0.1, 0.15) is 5.82 Å². The minimum Gasteiger partial charge on any atom is -0.372 e. The van der Waals surface area contributed by atoms with Crippen LogP contribution in [0.2, 0.25) is 0 Å². The number of aromatic amines is 2. The maximum absolute atomic E-state index is 12.0. The first-order valence-corrected chi connectivity index (χ1v) is 5.61. The number of H-pyrrole nitrogens is 2. The highest BCUT2D eigenvalue weighted by Crippen LogP contribution is 2.11. The molecule has 7 heteroatoms. The number of ether oxygens (including phenoxy) is 1. The van der Waals surface area contributed by atoms with Crippen molar-refractivity contribution in [3.05, 3.63) is 16.3 Å². The Bertz CT molecular complexity index is 442. The number of hydrogen-bond acceptors (Lipinski definition) is 4. The number of morpholine rings is 1. The molecule has 1 aliphatic heterocycles. The van der Waals surface area contributed by atoms with Crippen molar-refractivity contribution in [2.75, 3.05) is 13.1 Å². The summed E-state index contributed by atoms with van der Waals surface area (Å²) >= 11 is 0. The Balaban J connectivity index is 1.97. The summed E-state index contributed by atoms with van der Waals surface area (Å²) in [4.78, 5) is 27.0. The molecule has 2 heterocycles. The molecule has 1 fully saturated rings. The van der Waals surface area contributed by atoms with E-state index in [1.54, 1.807) is 4.90 Å². The summed E-state index contributed by atoms with van der Waals surface area (Å²) in [5.74, 6) is 0.321. The van der Waals surface area contributed by atoms with Gasteiger partial charge in [-0.15, -0.1) is 0 Å². The molecule has 2 rings (SSSR count). The van der Waals surface area contributed by atoms with E-state index in [4.69, 9.17) is 4.74 Å². The molecule has 1 aromatic heterocycles. The van der Waals surface area contributed by atoms with Crippen LogP contribution in [-0.4, -0.2) is 51.3 Å². The van der Waals surface area contributed by atoms with Crippen molar-refractivity contribution >= 4 is 5.91 Å². The molecule has 1 amide bonds. The van der Waals surface area contributed by atoms with Crippen molar-refractivity contribution in [3.8, 4) is 0 Å². The van der Waals surface area contributed by atoms with Crippen LogP contribution in [0.15, 0.2) is 4.79 Å². The van der Waals surface area contributed by atoms with Gasteiger partial charge >= 0.3 is 5.69 Å². The number of nitrogens with one attached hydrogen (secondary N) is 2. The van der Waals surface area contributed by atoms with Crippen LogP contribution < -0.4 is 5.69 Å². The van der Waals surface area contributed by atoms with Crippen LogP contribution in [0.4, 0.5) is 0 Å². The van der Waals surface area contributed by atoms with Crippen molar-refractivity contribution in [3.63, 3.8) is 0 Å². The van der Waals surface area contributed by atoms with Gasteiger partial charge in [0.25, 0.3) is 0 Å². The van der Waals surface area contributed by atoms with Gasteiger partial charge in [0.15, 0.2) is 0 Å². The predicted octanol–water partition coefficient (Wildman–Crippen LogP) is -0.724. The highest BCUT2D eigenvalue weighted by Gasteiger charge is 2.26. The second-order valence-corrected chi connectivity index (χ2v) is 4.36. The molecule has 0 aromatic carbocycles. The van der Waals surface area contributed by atoms with Gasteiger partial charge in [-0.05, 0) is 13.8 Å². The van der Waals surface area contributed by atoms with Crippen LogP contribution >= 0.6 is 0 Å². The van der Waals surface area contributed by atoms with Gasteiger partial charge < -0.3 is 9.64 Å². The zero-order chi connectivity index (χ0) is 12.4. The second-order valence-electron chi connectivity index (χ2n) is 4.36. The molecule has 2 atom stereocenters. The van der Waals surface area contributed by atoms with Crippen LogP contribution in [0.25, 0.3) is 0 Å². The number of carbonyl (C=O) groups excluding carboxylic acids is 1. The Labute approximate surface area is 98.2 Å². The number of carbonyl (C=O) groups is 1. The standard InChI is InChI=1S/C10H16N4O3/c1-6-4-14(5-7(2)17-6)9(15)3-8-11-10(16)13-12-8/h6-7H,3-5H2,1-2H3,(H2,11,12,13,16)/t6-,7+. The van der Waals surface area contributed by atoms with E-state index in [2.05, 4.69) is 15.2 Å². The summed E-state index contributed by atoms with van der Waals surface area (Å²) in [6, 6.07) is 0. The maximum atomic E-state index is 12.0. The summed E-state index contributed by atoms with van der Waals surface area (Å²) in [5, 5.41) is 5.95. The molecule has 2 N–H and O–H groups in total. The molecule has 0 radical (unpaired) electrons. The smallest absolute Gasteiger partial charge is 0.340 e. The van der Waals surface area contributed by atoms with Gasteiger partial charge in [0.2, 0.25) is 5.91 Å². The molecule has 1 aliphatic rings. The topological polar surface area (TPSA) is 91.1 Å². The summed E-state index contributed by atoms with van der Waals surface area (Å²) in [6.07, 6.45) is 0.194. The molecule has 7 nitrogen and oxygen atoms in total. The third kappa shape index (κ3) is 2.94. The lowest BCUT2D eigenvalue weighted by atomic mass is 10.2. The average Bonchev–Trinajstić information content (AvgIpc) is 2.62. The largest absolute Gasteiger partial charge is 0.372 e. The SMILES string of the molecule is C[C@@H]1CN(C(=O)Cc2n[nH]c(=O)[nH]2)C[C@H](C)O1. The Morgan fingerprint density at radius 3 is 2.65 bits per heavy atom. The van der Waals surface area contributed by atoms with E-state index < -0.39 is 5.69 Å². The van der Waals surface area contributed by atoms with E-state index >= 15 is 0 Å². The number of nitrogens with zero attached hydrogens (tertiary/aromatic N) is 2. The minimum atomic E-state index is -0.392. The van der Waals surface area contributed by atoms with Crippen molar-refractivity contribution in [1.82, 2.24) is 20.1 Å². The van der Waals surface area contributed by atoms with Gasteiger partial charge in [-0.25, -0.2) is 9.89 Å². The summed E-state index contributed by atoms with van der Waals surface area (Å²) in [6.45, 7) is 5.04. The molecule has 0 saturated carbocycles. The molecule has 1 aromatic rings. The normalized spacial score (nSPS) is 24.9. The van der Waals surface area contributed by atoms with Crippen molar-refractivity contribution in [1.29, 1.82) is 0 Å². The molecule has 17 heavy (non-hydrogen) atoms. The van der Waals surface area contributed by atoms with Gasteiger partial charge in [-0.2, -0.15) is 5.10 Å². The minimum absolute atomic E-state index is 0.0425. The first-order chi connectivity index (χ1) is 8.04. The van der Waals surface area contributed by atoms with Crippen LogP contribution in [0.1, 0.15) is 19.7 Å². The highest BCUT2D eigenvalue weighted by molar-refractivity contribution is 5.78. The van der Waals surface area contributed by atoms with E-state index in [1.807, 2.05) is 13.8 Å². The fraction of sp³-hybridized carbons (Fsp3) is 0.700. The predicted molar refractivity (Wildman–Crippen MR) is 59.5 cm³/mol. The van der Waals surface area contributed by atoms with Crippen LogP contribution in [0.3, 0.4) is 0 Å². The summed E-state index contributed by atoms with van der Waals surface area (Å²) in [5.41, 5.74) is -0.392. The molecule has 94 valence electrons. The van der Waals surface area contributed by atoms with Crippen molar-refractivity contribution in [2.45, 2.75) is 32.5 Å². The average molecular weight is 240 g/mol. The molecule has 0 aliphatic carbocycles. The Morgan fingerprint density at radius 2 is 2.12 bits per heavy atom. The maximum Gasteiger partial charge on any atom is 0.340 e. The Hall–Kier alpha value is -1.63. The molecular weight excluding hydrogens is 224 g/mol. The molecule has 0 unspecified atom stereocenters. The quantitative estimate of drug-likeness (QED) is 0.713. The summed E-state index contributed by atoms with van der Waals surface area (Å²) in [7, 11) is 0. The van der Waals surface area contributed by atoms with Crippen LogP contribution in [-0.2, 0) is 16.0 Å². The third-order valence-electron chi connectivity index (χ3n) is 2.64. The van der Waals surface area contributed by atoms with Crippen LogP contribution in [0.5, 0.6) is 0 Å². The third-order valence-corrected chi connectivity index (χ3v) is 2.64. The number of rotatable bonds is 2. The summed E-state index contributed by atoms with van der Waals surface area (Å²) < 4.78 is 5.55. The Kier molecular flexibility index (Phi) is 3.28. The van der Waals surface area contributed by atoms with E-state index in [-0.39, 0.29) is 24.5 Å². The van der Waals surface area contributed by atoms with Crippen LogP contribution in [0, 0.1) is 0 Å². The number of hydrogen-bond donors (Lipinski definition) is 2. The monoisotopic (exact) mass is 240 g/mol. The fourth-order valence-corrected chi connectivity index (χ4v) is 2.03. The first kappa shape index (κ1) is 11.8. The molecule has 0 spiro atoms. The van der Waals surface area contributed by atoms with Gasteiger partial charge in [0.05, 0.1) is 18.6 Å². The molecule has 0 bridgehead atoms. The zero-order valence-electron chi connectivity index (χ0n) is 9.90. The van der Waals surface area contributed by atoms with Crippen molar-refractivity contribution in [2.24, 2.45) is 0 Å². The van der Waals surface area contributed by atoms with E-state index in [0.29, 0.717) is 18.9 Å². The molecule has 1 saturated heterocycles. The van der Waals surface area contributed by atoms with Crippen molar-refractivity contribution < 1.29 is 9.53 Å². The van der Waals surface area contributed by atoms with Gasteiger partial charge in [0, 0.05) is 13.1 Å². The van der Waals surface area contributed by atoms with Gasteiger partial charge in [-0.3, -0.25) is 9.78 Å². The fourth-order valence-electron chi connectivity index (χ4n) is 2.03. The lowest BCUT2D eigenvalue weighted by molar-refractivity contribution is -0.142. The van der Waals surface area contributed by atoms with E-state index in [9.17, 15) is 9.59 Å². The lowest BCUT2D eigenvalue weighted by Gasteiger charge is -2.35. The zero-order valence-corrected chi connectivity index (χ0v) is 9.90. The van der Waals surface area contributed by atoms with E-state index in [1.165, 1.54) is 0 Å². The number of amides is 1. The van der Waals surface area contributed by atoms with Gasteiger partial charge in [-0.1, -0.05) is 0 Å². The second kappa shape index (κ2) is 4.70. The first-order valence-electron chi connectivity index (χ1n) is 5.61. The molecular formula is C10H16N4O3. The highest BCUT2D eigenvalue weighted by atomic mass is 16.5. The van der Waals surface area contributed by atoms with E-state index in [0.717, 1.165) is 0 Å². The number of aromatic nitrogens is 3. The lowest BCUT2D eigenvalue weighted by Crippen LogP contribution is -2.48.